The van der Waals surface area contributed by atoms with E-state index in [-0.39, 0.29) is 0 Å². The van der Waals surface area contributed by atoms with Gasteiger partial charge in [0.05, 0.1) is 0 Å². The third-order valence-corrected chi connectivity index (χ3v) is 7.66. The van der Waals surface area contributed by atoms with Gasteiger partial charge in [-0.2, -0.15) is 0 Å². The van der Waals surface area contributed by atoms with Crippen LogP contribution in [0.15, 0.2) is 53.4 Å². The number of benzene rings is 2. The molecular weight excluding hydrogens is 388 g/mol. The van der Waals surface area contributed by atoms with E-state index in [9.17, 15) is 4.79 Å². The normalized spacial score (nSPS) is 20.6. The highest BCUT2D eigenvalue weighted by atomic mass is 32.2. The first-order valence-electron chi connectivity index (χ1n) is 11.4. The van der Waals surface area contributed by atoms with Gasteiger partial charge in [-0.25, -0.2) is 0 Å². The Morgan fingerprint density at radius 3 is 2.63 bits per heavy atom. The van der Waals surface area contributed by atoms with Gasteiger partial charge < -0.3 is 9.80 Å². The second kappa shape index (κ2) is 10.0. The molecule has 2 aromatic rings. The van der Waals surface area contributed by atoms with Crippen LogP contribution in [0.4, 0.5) is 0 Å². The highest BCUT2D eigenvalue weighted by molar-refractivity contribution is 8.00. The lowest BCUT2D eigenvalue weighted by atomic mass is 9.90. The van der Waals surface area contributed by atoms with Crippen LogP contribution in [0, 0.1) is 12.8 Å². The van der Waals surface area contributed by atoms with E-state index < -0.39 is 0 Å². The molecule has 2 aliphatic rings. The van der Waals surface area contributed by atoms with Crippen molar-refractivity contribution in [3.05, 3.63) is 65.2 Å². The molecule has 1 fully saturated rings. The molecule has 0 aliphatic carbocycles. The number of likely N-dealkylation sites (tertiary alicyclic amines) is 1. The molecule has 0 aromatic heterocycles. The van der Waals surface area contributed by atoms with Gasteiger partial charge in [0.1, 0.15) is 0 Å². The average Bonchev–Trinajstić information content (AvgIpc) is 2.91. The Labute approximate surface area is 185 Å². The largest absolute Gasteiger partial charge is 0.337 e. The van der Waals surface area contributed by atoms with Gasteiger partial charge in [-0.1, -0.05) is 55.0 Å². The lowest BCUT2D eigenvalue weighted by Gasteiger charge is -2.32. The Morgan fingerprint density at radius 1 is 1.10 bits per heavy atom. The van der Waals surface area contributed by atoms with Crippen LogP contribution in [-0.4, -0.2) is 47.1 Å². The first kappa shape index (κ1) is 21.5. The summed E-state index contributed by atoms with van der Waals surface area (Å²) in [6.07, 6.45) is 4.32. The molecular formula is C26H34N2OS. The van der Waals surface area contributed by atoms with Crippen LogP contribution in [0.25, 0.3) is 0 Å². The molecule has 2 aliphatic heterocycles. The van der Waals surface area contributed by atoms with E-state index in [1.807, 2.05) is 11.8 Å². The molecule has 4 heteroatoms. The smallest absolute Gasteiger partial charge is 0.224 e. The van der Waals surface area contributed by atoms with Crippen LogP contribution < -0.4 is 0 Å². The maximum Gasteiger partial charge on any atom is 0.224 e. The third kappa shape index (κ3) is 5.67. The highest BCUT2D eigenvalue weighted by Crippen LogP contribution is 2.32. The lowest BCUT2D eigenvalue weighted by molar-refractivity contribution is -0.132. The van der Waals surface area contributed by atoms with Crippen molar-refractivity contribution < 1.29 is 4.79 Å². The summed E-state index contributed by atoms with van der Waals surface area (Å²) in [5.41, 5.74) is 4.03. The van der Waals surface area contributed by atoms with E-state index in [4.69, 9.17) is 0 Å². The average molecular weight is 423 g/mol. The summed E-state index contributed by atoms with van der Waals surface area (Å²) >= 11 is 1.91. The predicted octanol–water partition coefficient (Wildman–Crippen LogP) is 5.16. The van der Waals surface area contributed by atoms with E-state index in [1.54, 1.807) is 0 Å². The number of aryl methyl sites for hydroxylation is 1. The van der Waals surface area contributed by atoms with Crippen LogP contribution in [0.3, 0.4) is 0 Å². The summed E-state index contributed by atoms with van der Waals surface area (Å²) in [5.74, 6) is 1.09. The van der Waals surface area contributed by atoms with E-state index >= 15 is 0 Å². The zero-order valence-corrected chi connectivity index (χ0v) is 19.2. The van der Waals surface area contributed by atoms with Crippen molar-refractivity contribution in [3.8, 4) is 0 Å². The number of amides is 1. The molecule has 30 heavy (non-hydrogen) atoms. The first-order valence-corrected chi connectivity index (χ1v) is 12.2. The zero-order chi connectivity index (χ0) is 20.9. The SMILES string of the molecule is Cc1ccc2c(c1)CN(C(=O)CCN1CCC(Cc3ccccc3)CC1)C[C@@H](C)S2. The van der Waals surface area contributed by atoms with Gasteiger partial charge in [0.25, 0.3) is 0 Å². The molecule has 0 N–H and O–H groups in total. The first-order chi connectivity index (χ1) is 14.6. The van der Waals surface area contributed by atoms with Gasteiger partial charge in [-0.05, 0) is 62.4 Å². The standard InChI is InChI=1S/C26H34N2OS/c1-20-8-9-25-24(16-20)19-28(18-21(2)30-25)26(29)12-15-27-13-10-23(11-14-27)17-22-6-4-3-5-7-22/h3-9,16,21,23H,10-15,17-19H2,1-2H3/t21-/m1/s1. The number of hydrogen-bond donors (Lipinski definition) is 0. The quantitative estimate of drug-likeness (QED) is 0.665. The number of rotatable bonds is 5. The number of thioether (sulfide) groups is 1. The minimum atomic E-state index is 0.309. The minimum absolute atomic E-state index is 0.309. The molecule has 0 unspecified atom stereocenters. The molecule has 1 amide bonds. The molecule has 0 radical (unpaired) electrons. The molecule has 3 nitrogen and oxygen atoms in total. The molecule has 0 spiro atoms. The maximum atomic E-state index is 13.0. The van der Waals surface area contributed by atoms with Gasteiger partial charge >= 0.3 is 0 Å². The topological polar surface area (TPSA) is 23.6 Å². The maximum absolute atomic E-state index is 13.0. The Hall–Kier alpha value is -1.78. The number of piperidine rings is 1. The summed E-state index contributed by atoms with van der Waals surface area (Å²) in [7, 11) is 0. The second-order valence-electron chi connectivity index (χ2n) is 9.04. The Bertz CT molecular complexity index is 845. The van der Waals surface area contributed by atoms with Gasteiger partial charge in [-0.3, -0.25) is 4.79 Å². The molecule has 2 heterocycles. The third-order valence-electron chi connectivity index (χ3n) is 6.45. The summed E-state index contributed by atoms with van der Waals surface area (Å²) in [5, 5.41) is 0.437. The zero-order valence-electron chi connectivity index (χ0n) is 18.3. The van der Waals surface area contributed by atoms with Crippen molar-refractivity contribution in [2.75, 3.05) is 26.2 Å². The van der Waals surface area contributed by atoms with E-state index in [0.29, 0.717) is 17.6 Å². The lowest BCUT2D eigenvalue weighted by Crippen LogP contribution is -2.39. The number of hydrogen-bond acceptors (Lipinski definition) is 3. The van der Waals surface area contributed by atoms with Crippen molar-refractivity contribution in [1.82, 2.24) is 9.80 Å². The number of fused-ring (bicyclic) bond motifs is 1. The molecule has 0 saturated carbocycles. The predicted molar refractivity (Wildman–Crippen MR) is 126 cm³/mol. The molecule has 160 valence electrons. The van der Waals surface area contributed by atoms with Gasteiger partial charge in [0.2, 0.25) is 5.91 Å². The fourth-order valence-corrected chi connectivity index (χ4v) is 5.85. The van der Waals surface area contributed by atoms with E-state index in [2.05, 4.69) is 72.2 Å². The Kier molecular flexibility index (Phi) is 7.16. The van der Waals surface area contributed by atoms with E-state index in [0.717, 1.165) is 38.6 Å². The summed E-state index contributed by atoms with van der Waals surface area (Å²) < 4.78 is 0. The molecule has 2 aromatic carbocycles. The number of nitrogens with zero attached hydrogens (tertiary/aromatic N) is 2. The number of carbonyl (C=O) groups is 1. The van der Waals surface area contributed by atoms with E-state index in [1.165, 1.54) is 40.8 Å². The Morgan fingerprint density at radius 2 is 1.87 bits per heavy atom. The Balaban J connectivity index is 1.26. The fraction of sp³-hybridized carbons (Fsp3) is 0.500. The van der Waals surface area contributed by atoms with Crippen molar-refractivity contribution in [3.63, 3.8) is 0 Å². The van der Waals surface area contributed by atoms with Gasteiger partial charge in [-0.15, -0.1) is 11.8 Å². The van der Waals surface area contributed by atoms with Crippen molar-refractivity contribution in [1.29, 1.82) is 0 Å². The second-order valence-corrected chi connectivity index (χ2v) is 10.5. The minimum Gasteiger partial charge on any atom is -0.337 e. The van der Waals surface area contributed by atoms with Crippen molar-refractivity contribution >= 4 is 17.7 Å². The summed E-state index contributed by atoms with van der Waals surface area (Å²) in [4.78, 5) is 18.9. The molecule has 4 rings (SSSR count). The van der Waals surface area contributed by atoms with Crippen LogP contribution in [-0.2, 0) is 17.8 Å². The monoisotopic (exact) mass is 422 g/mol. The van der Waals surface area contributed by atoms with Crippen LogP contribution >= 0.6 is 11.8 Å². The number of carbonyl (C=O) groups excluding carboxylic acids is 1. The fourth-order valence-electron chi connectivity index (χ4n) is 4.74. The van der Waals surface area contributed by atoms with Gasteiger partial charge in [0.15, 0.2) is 0 Å². The molecule has 0 bridgehead atoms. The van der Waals surface area contributed by atoms with Crippen LogP contribution in [0.5, 0.6) is 0 Å². The van der Waals surface area contributed by atoms with Crippen LogP contribution in [0.2, 0.25) is 0 Å². The highest BCUT2D eigenvalue weighted by Gasteiger charge is 2.25. The molecule has 1 saturated heterocycles. The van der Waals surface area contributed by atoms with Crippen molar-refractivity contribution in [2.45, 2.75) is 56.2 Å². The van der Waals surface area contributed by atoms with Crippen molar-refractivity contribution in [2.24, 2.45) is 5.92 Å². The van der Waals surface area contributed by atoms with Gasteiger partial charge in [0, 0.05) is 36.2 Å². The molecule has 1 atom stereocenters. The summed E-state index contributed by atoms with van der Waals surface area (Å²) in [6.45, 7) is 9.11. The summed E-state index contributed by atoms with van der Waals surface area (Å²) in [6, 6.07) is 17.5. The van der Waals surface area contributed by atoms with Crippen LogP contribution in [0.1, 0.15) is 42.9 Å².